The summed E-state index contributed by atoms with van der Waals surface area (Å²) < 4.78 is 16.2. The molecule has 2 atom stereocenters. The van der Waals surface area contributed by atoms with Crippen LogP contribution in [-0.4, -0.2) is 19.8 Å². The Morgan fingerprint density at radius 3 is 3.23 bits per heavy atom. The molecule has 2 aliphatic rings. The van der Waals surface area contributed by atoms with Gasteiger partial charge in [-0.3, -0.25) is 0 Å². The first-order chi connectivity index (χ1) is 6.40. The Morgan fingerprint density at radius 1 is 1.46 bits per heavy atom. The van der Waals surface area contributed by atoms with Crippen LogP contribution in [0.4, 0.5) is 0 Å². The van der Waals surface area contributed by atoms with E-state index < -0.39 is 0 Å². The average molecular weight is 178 g/mol. The minimum Gasteiger partial charge on any atom is -0.493 e. The van der Waals surface area contributed by atoms with Crippen LogP contribution < -0.4 is 9.47 Å². The second-order valence-corrected chi connectivity index (χ2v) is 3.28. The van der Waals surface area contributed by atoms with Crippen LogP contribution in [0.15, 0.2) is 18.2 Å². The number of fused-ring (bicyclic) bond motifs is 3. The minimum absolute atomic E-state index is 0.249. The van der Waals surface area contributed by atoms with Crippen molar-refractivity contribution in [3.63, 3.8) is 0 Å². The van der Waals surface area contributed by atoms with Crippen molar-refractivity contribution in [1.82, 2.24) is 0 Å². The highest BCUT2D eigenvalue weighted by atomic mass is 16.6. The molecule has 0 aromatic heterocycles. The second kappa shape index (κ2) is 2.39. The zero-order valence-corrected chi connectivity index (χ0v) is 7.32. The van der Waals surface area contributed by atoms with Gasteiger partial charge >= 0.3 is 0 Å². The largest absolute Gasteiger partial charge is 0.493 e. The number of benzene rings is 1. The number of methoxy groups -OCH3 is 1. The van der Waals surface area contributed by atoms with Crippen LogP contribution >= 0.6 is 0 Å². The van der Waals surface area contributed by atoms with E-state index in [0.717, 1.165) is 17.1 Å². The summed E-state index contributed by atoms with van der Waals surface area (Å²) >= 11 is 0. The molecule has 3 heteroatoms. The van der Waals surface area contributed by atoms with Gasteiger partial charge in [-0.2, -0.15) is 0 Å². The van der Waals surface area contributed by atoms with Gasteiger partial charge in [0.1, 0.15) is 18.8 Å². The molecule has 3 nitrogen and oxygen atoms in total. The third-order valence-electron chi connectivity index (χ3n) is 2.51. The smallest absolute Gasteiger partial charge is 0.167 e. The normalized spacial score (nSPS) is 28.4. The van der Waals surface area contributed by atoms with Gasteiger partial charge in [0, 0.05) is 5.56 Å². The van der Waals surface area contributed by atoms with Gasteiger partial charge in [-0.25, -0.2) is 0 Å². The van der Waals surface area contributed by atoms with Crippen LogP contribution in [0, 0.1) is 0 Å². The number of para-hydroxylation sites is 1. The highest BCUT2D eigenvalue weighted by molar-refractivity contribution is 5.50. The summed E-state index contributed by atoms with van der Waals surface area (Å²) in [5.41, 5.74) is 1.12. The molecule has 0 amide bonds. The van der Waals surface area contributed by atoms with Gasteiger partial charge in [0.2, 0.25) is 0 Å². The summed E-state index contributed by atoms with van der Waals surface area (Å²) in [5.74, 6) is 1.65. The van der Waals surface area contributed by atoms with Gasteiger partial charge < -0.3 is 14.2 Å². The highest BCUT2D eigenvalue weighted by Gasteiger charge is 2.46. The first-order valence-corrected chi connectivity index (χ1v) is 4.35. The van der Waals surface area contributed by atoms with Crippen molar-refractivity contribution in [2.75, 3.05) is 13.7 Å². The molecule has 0 radical (unpaired) electrons. The van der Waals surface area contributed by atoms with Crippen molar-refractivity contribution < 1.29 is 14.2 Å². The molecular weight excluding hydrogens is 168 g/mol. The zero-order valence-electron chi connectivity index (χ0n) is 7.32. The van der Waals surface area contributed by atoms with E-state index in [0.29, 0.717) is 6.61 Å². The predicted octanol–water partition coefficient (Wildman–Crippen LogP) is 1.53. The molecular formula is C10H10O3. The number of hydrogen-bond donors (Lipinski definition) is 0. The van der Waals surface area contributed by atoms with E-state index in [2.05, 4.69) is 0 Å². The molecule has 0 N–H and O–H groups in total. The maximum Gasteiger partial charge on any atom is 0.167 e. The lowest BCUT2D eigenvalue weighted by Crippen LogP contribution is -2.12. The average Bonchev–Trinajstić information content (AvgIpc) is 2.95. The fourth-order valence-electron chi connectivity index (χ4n) is 1.78. The van der Waals surface area contributed by atoms with Gasteiger partial charge in [-0.15, -0.1) is 0 Å². The monoisotopic (exact) mass is 178 g/mol. The summed E-state index contributed by atoms with van der Waals surface area (Å²) in [4.78, 5) is 0. The van der Waals surface area contributed by atoms with E-state index in [-0.39, 0.29) is 12.2 Å². The summed E-state index contributed by atoms with van der Waals surface area (Å²) in [6, 6.07) is 5.90. The van der Waals surface area contributed by atoms with Crippen molar-refractivity contribution in [2.45, 2.75) is 12.2 Å². The van der Waals surface area contributed by atoms with E-state index in [9.17, 15) is 0 Å². The third-order valence-corrected chi connectivity index (χ3v) is 2.51. The van der Waals surface area contributed by atoms with E-state index in [1.165, 1.54) is 0 Å². The van der Waals surface area contributed by atoms with Gasteiger partial charge in [0.25, 0.3) is 0 Å². The second-order valence-electron chi connectivity index (χ2n) is 3.28. The maximum absolute atomic E-state index is 5.55. The Balaban J connectivity index is 2.12. The fraction of sp³-hybridized carbons (Fsp3) is 0.400. The third kappa shape index (κ3) is 0.937. The molecule has 3 rings (SSSR count). The molecule has 1 aromatic rings. The Morgan fingerprint density at radius 2 is 2.38 bits per heavy atom. The van der Waals surface area contributed by atoms with Crippen molar-refractivity contribution in [2.24, 2.45) is 0 Å². The lowest BCUT2D eigenvalue weighted by atomic mass is 10.1. The van der Waals surface area contributed by atoms with E-state index in [1.807, 2.05) is 18.2 Å². The first-order valence-electron chi connectivity index (χ1n) is 4.35. The van der Waals surface area contributed by atoms with Crippen molar-refractivity contribution >= 4 is 0 Å². The lowest BCUT2D eigenvalue weighted by Gasteiger charge is -2.16. The van der Waals surface area contributed by atoms with Crippen LogP contribution in [0.1, 0.15) is 11.7 Å². The Labute approximate surface area is 76.2 Å². The predicted molar refractivity (Wildman–Crippen MR) is 46.1 cm³/mol. The van der Waals surface area contributed by atoms with Gasteiger partial charge in [-0.1, -0.05) is 12.1 Å². The highest BCUT2D eigenvalue weighted by Crippen LogP contribution is 2.49. The standard InChI is InChI=1S/C10H10O3/c1-11-7-4-2-3-6-9(7)12-5-8-10(6)13-8/h2-4,8,10H,5H2,1H3. The van der Waals surface area contributed by atoms with Gasteiger partial charge in [-0.05, 0) is 6.07 Å². The van der Waals surface area contributed by atoms with E-state index >= 15 is 0 Å². The van der Waals surface area contributed by atoms with E-state index in [4.69, 9.17) is 14.2 Å². The molecule has 1 saturated heterocycles. The van der Waals surface area contributed by atoms with Crippen LogP contribution in [0.25, 0.3) is 0 Å². The Hall–Kier alpha value is -1.22. The minimum atomic E-state index is 0.249. The topological polar surface area (TPSA) is 31.0 Å². The van der Waals surface area contributed by atoms with Crippen LogP contribution in [0.3, 0.4) is 0 Å². The Kier molecular flexibility index (Phi) is 1.32. The molecule has 0 spiro atoms. The molecule has 1 fully saturated rings. The molecule has 2 aliphatic heterocycles. The van der Waals surface area contributed by atoms with Crippen LogP contribution in [-0.2, 0) is 4.74 Å². The summed E-state index contributed by atoms with van der Waals surface area (Å²) in [5, 5.41) is 0. The molecule has 68 valence electrons. The molecule has 1 aromatic carbocycles. The van der Waals surface area contributed by atoms with Crippen molar-refractivity contribution in [3.8, 4) is 11.5 Å². The summed E-state index contributed by atoms with van der Waals surface area (Å²) in [7, 11) is 1.65. The van der Waals surface area contributed by atoms with Crippen LogP contribution in [0.2, 0.25) is 0 Å². The summed E-state index contributed by atoms with van der Waals surface area (Å²) in [6.45, 7) is 0.651. The Bertz CT molecular complexity index is 348. The van der Waals surface area contributed by atoms with Gasteiger partial charge in [0.15, 0.2) is 11.5 Å². The molecule has 2 heterocycles. The number of ether oxygens (including phenoxy) is 3. The summed E-state index contributed by atoms with van der Waals surface area (Å²) in [6.07, 6.45) is 0.526. The van der Waals surface area contributed by atoms with E-state index in [1.54, 1.807) is 7.11 Å². The lowest BCUT2D eigenvalue weighted by molar-refractivity contribution is 0.255. The van der Waals surface area contributed by atoms with Crippen LogP contribution in [0.5, 0.6) is 11.5 Å². The number of hydrogen-bond acceptors (Lipinski definition) is 3. The fourth-order valence-corrected chi connectivity index (χ4v) is 1.78. The number of epoxide rings is 1. The first kappa shape index (κ1) is 7.21. The number of rotatable bonds is 1. The SMILES string of the molecule is COc1cccc2c1OCC1OC21. The van der Waals surface area contributed by atoms with Crippen molar-refractivity contribution in [3.05, 3.63) is 23.8 Å². The van der Waals surface area contributed by atoms with Gasteiger partial charge in [0.05, 0.1) is 7.11 Å². The maximum atomic E-state index is 5.55. The molecule has 2 unspecified atom stereocenters. The molecule has 0 bridgehead atoms. The molecule has 0 aliphatic carbocycles. The molecule has 13 heavy (non-hydrogen) atoms. The quantitative estimate of drug-likeness (QED) is 0.611. The zero-order chi connectivity index (χ0) is 8.84. The van der Waals surface area contributed by atoms with Crippen molar-refractivity contribution in [1.29, 1.82) is 0 Å². The molecule has 0 saturated carbocycles.